The van der Waals surface area contributed by atoms with Gasteiger partial charge < -0.3 is 15.0 Å². The maximum Gasteiger partial charge on any atom is 0.236 e. The molecule has 1 heterocycles. The summed E-state index contributed by atoms with van der Waals surface area (Å²) in [6.07, 6.45) is 0. The Hall–Kier alpha value is -1.18. The lowest BCUT2D eigenvalue weighted by molar-refractivity contribution is -0.133. The van der Waals surface area contributed by atoms with Gasteiger partial charge in [0.1, 0.15) is 0 Å². The van der Waals surface area contributed by atoms with Gasteiger partial charge in [-0.3, -0.25) is 19.4 Å². The first-order valence-electron chi connectivity index (χ1n) is 8.50. The number of ether oxygens (including phenoxy) is 1. The second-order valence-corrected chi connectivity index (χ2v) is 6.04. The highest BCUT2D eigenvalue weighted by molar-refractivity contribution is 5.78. The molecule has 0 spiro atoms. The molecule has 1 aliphatic heterocycles. The van der Waals surface area contributed by atoms with Gasteiger partial charge in [0.05, 0.1) is 19.7 Å². The number of nitrogens with one attached hydrogen (secondary N) is 1. The monoisotopic (exact) mass is 328 g/mol. The first-order valence-corrected chi connectivity index (χ1v) is 8.50. The van der Waals surface area contributed by atoms with Gasteiger partial charge in [0.25, 0.3) is 0 Å². The maximum absolute atomic E-state index is 12.1. The Morgan fingerprint density at radius 2 is 1.61 bits per heavy atom. The highest BCUT2D eigenvalue weighted by Gasteiger charge is 2.22. The Morgan fingerprint density at radius 1 is 1.09 bits per heavy atom. The number of amides is 2. The molecular weight excluding hydrogens is 296 g/mol. The van der Waals surface area contributed by atoms with Crippen molar-refractivity contribution in [2.24, 2.45) is 0 Å². The second kappa shape index (κ2) is 10.6. The highest BCUT2D eigenvalue weighted by atomic mass is 16.5. The fraction of sp³-hybridized carbons (Fsp3) is 0.875. The average Bonchev–Trinajstić information content (AvgIpc) is 2.50. The van der Waals surface area contributed by atoms with Crippen molar-refractivity contribution >= 4 is 11.8 Å². The number of methoxy groups -OCH3 is 1. The summed E-state index contributed by atoms with van der Waals surface area (Å²) in [6, 6.07) is 0.0282. The first-order chi connectivity index (χ1) is 11.0. The molecule has 7 heteroatoms. The van der Waals surface area contributed by atoms with Gasteiger partial charge in [-0.15, -0.1) is 0 Å². The van der Waals surface area contributed by atoms with E-state index < -0.39 is 0 Å². The summed E-state index contributed by atoms with van der Waals surface area (Å²) in [5, 5.41) is 2.92. The van der Waals surface area contributed by atoms with E-state index in [0.717, 1.165) is 39.3 Å². The van der Waals surface area contributed by atoms with Crippen LogP contribution in [0.2, 0.25) is 0 Å². The van der Waals surface area contributed by atoms with E-state index >= 15 is 0 Å². The van der Waals surface area contributed by atoms with Crippen LogP contribution in [-0.2, 0) is 14.3 Å². The maximum atomic E-state index is 12.1. The third-order valence-electron chi connectivity index (χ3n) is 4.13. The molecule has 134 valence electrons. The number of likely N-dealkylation sites (N-methyl/N-ethyl adjacent to an activating group) is 1. The predicted octanol–water partition coefficient (Wildman–Crippen LogP) is -0.376. The molecule has 0 aromatic heterocycles. The van der Waals surface area contributed by atoms with Crippen LogP contribution >= 0.6 is 0 Å². The Morgan fingerprint density at radius 3 is 2.09 bits per heavy atom. The molecule has 0 saturated carbocycles. The summed E-state index contributed by atoms with van der Waals surface area (Å²) in [5.41, 5.74) is 0. The van der Waals surface area contributed by atoms with Crippen molar-refractivity contribution in [2.75, 3.05) is 66.1 Å². The van der Waals surface area contributed by atoms with Crippen molar-refractivity contribution in [1.29, 1.82) is 0 Å². The molecular formula is C16H32N4O3. The minimum absolute atomic E-state index is 0.0282. The molecule has 23 heavy (non-hydrogen) atoms. The number of hydrogen-bond donors (Lipinski definition) is 1. The summed E-state index contributed by atoms with van der Waals surface area (Å²) in [6.45, 7) is 12.1. The number of hydrogen-bond acceptors (Lipinski definition) is 5. The Balaban J connectivity index is 2.27. The zero-order valence-corrected chi connectivity index (χ0v) is 15.0. The van der Waals surface area contributed by atoms with Crippen LogP contribution < -0.4 is 5.32 Å². The number of rotatable bonds is 9. The second-order valence-electron chi connectivity index (χ2n) is 6.04. The molecule has 7 nitrogen and oxygen atoms in total. The van der Waals surface area contributed by atoms with Crippen LogP contribution in [-0.4, -0.2) is 98.6 Å². The molecule has 0 radical (unpaired) electrons. The summed E-state index contributed by atoms with van der Waals surface area (Å²) in [5.74, 6) is 0.219. The summed E-state index contributed by atoms with van der Waals surface area (Å²) >= 11 is 0. The quantitative estimate of drug-likeness (QED) is 0.625. The molecule has 0 aromatic carbocycles. The van der Waals surface area contributed by atoms with Gasteiger partial charge in [-0.25, -0.2) is 0 Å². The van der Waals surface area contributed by atoms with Crippen LogP contribution in [0.3, 0.4) is 0 Å². The van der Waals surface area contributed by atoms with E-state index in [-0.39, 0.29) is 17.9 Å². The van der Waals surface area contributed by atoms with Gasteiger partial charge in [0.15, 0.2) is 0 Å². The van der Waals surface area contributed by atoms with Gasteiger partial charge in [-0.05, 0) is 20.8 Å². The standard InChI is InChI=1S/C16H32N4O3/c1-5-20(6-2)16(22)12-19-9-7-18(8-10-19)11-15(21)17-14(3)13-23-4/h14H,5-13H2,1-4H3,(H,17,21). The topological polar surface area (TPSA) is 65.1 Å². The van der Waals surface area contributed by atoms with Crippen molar-refractivity contribution in [3.8, 4) is 0 Å². The average molecular weight is 328 g/mol. The van der Waals surface area contributed by atoms with Gasteiger partial charge in [0.2, 0.25) is 11.8 Å². The van der Waals surface area contributed by atoms with Gasteiger partial charge in [-0.2, -0.15) is 0 Å². The van der Waals surface area contributed by atoms with E-state index in [1.54, 1.807) is 7.11 Å². The first kappa shape index (κ1) is 19.9. The van der Waals surface area contributed by atoms with Crippen LogP contribution in [0.1, 0.15) is 20.8 Å². The van der Waals surface area contributed by atoms with Crippen molar-refractivity contribution in [2.45, 2.75) is 26.8 Å². The van der Waals surface area contributed by atoms with E-state index in [0.29, 0.717) is 19.7 Å². The minimum Gasteiger partial charge on any atom is -0.383 e. The molecule has 1 atom stereocenters. The van der Waals surface area contributed by atoms with Gasteiger partial charge in [0, 0.05) is 52.4 Å². The van der Waals surface area contributed by atoms with Gasteiger partial charge >= 0.3 is 0 Å². The fourth-order valence-electron chi connectivity index (χ4n) is 2.79. The molecule has 0 aliphatic carbocycles. The van der Waals surface area contributed by atoms with E-state index in [1.807, 2.05) is 25.7 Å². The van der Waals surface area contributed by atoms with Crippen LogP contribution in [0, 0.1) is 0 Å². The Bertz CT molecular complexity index is 366. The molecule has 1 aliphatic rings. The van der Waals surface area contributed by atoms with Crippen molar-refractivity contribution < 1.29 is 14.3 Å². The van der Waals surface area contributed by atoms with Crippen LogP contribution in [0.15, 0.2) is 0 Å². The minimum atomic E-state index is 0.0282. The predicted molar refractivity (Wildman–Crippen MR) is 90.3 cm³/mol. The molecule has 1 unspecified atom stereocenters. The third kappa shape index (κ3) is 7.28. The molecule has 0 aromatic rings. The molecule has 1 fully saturated rings. The summed E-state index contributed by atoms with van der Waals surface area (Å²) in [4.78, 5) is 30.2. The molecule has 1 rings (SSSR count). The van der Waals surface area contributed by atoms with Crippen LogP contribution in [0.25, 0.3) is 0 Å². The van der Waals surface area contributed by atoms with Crippen molar-refractivity contribution in [1.82, 2.24) is 20.0 Å². The number of piperazine rings is 1. The Kier molecular flexibility index (Phi) is 9.13. The largest absolute Gasteiger partial charge is 0.383 e. The van der Waals surface area contributed by atoms with E-state index in [9.17, 15) is 9.59 Å². The van der Waals surface area contributed by atoms with Crippen molar-refractivity contribution in [3.05, 3.63) is 0 Å². The Labute approximate surface area is 139 Å². The molecule has 1 N–H and O–H groups in total. The van der Waals surface area contributed by atoms with Crippen LogP contribution in [0.4, 0.5) is 0 Å². The van der Waals surface area contributed by atoms with E-state index in [2.05, 4.69) is 15.1 Å². The SMILES string of the molecule is CCN(CC)C(=O)CN1CCN(CC(=O)NC(C)COC)CC1. The van der Waals surface area contributed by atoms with Gasteiger partial charge in [-0.1, -0.05) is 0 Å². The smallest absolute Gasteiger partial charge is 0.236 e. The zero-order valence-electron chi connectivity index (χ0n) is 15.0. The number of nitrogens with zero attached hydrogens (tertiary/aromatic N) is 3. The normalized spacial score (nSPS) is 17.7. The fourth-order valence-corrected chi connectivity index (χ4v) is 2.79. The third-order valence-corrected chi connectivity index (χ3v) is 4.13. The lowest BCUT2D eigenvalue weighted by atomic mass is 10.3. The number of carbonyl (C=O) groups is 2. The lowest BCUT2D eigenvalue weighted by Crippen LogP contribution is -2.52. The molecule has 0 bridgehead atoms. The molecule has 2 amide bonds. The van der Waals surface area contributed by atoms with E-state index in [4.69, 9.17) is 4.74 Å². The van der Waals surface area contributed by atoms with E-state index in [1.165, 1.54) is 0 Å². The number of carbonyl (C=O) groups excluding carboxylic acids is 2. The highest BCUT2D eigenvalue weighted by Crippen LogP contribution is 2.03. The van der Waals surface area contributed by atoms with Crippen molar-refractivity contribution in [3.63, 3.8) is 0 Å². The summed E-state index contributed by atoms with van der Waals surface area (Å²) < 4.78 is 5.01. The van der Waals surface area contributed by atoms with Crippen LogP contribution in [0.5, 0.6) is 0 Å². The summed E-state index contributed by atoms with van der Waals surface area (Å²) in [7, 11) is 1.63. The molecule has 1 saturated heterocycles. The lowest BCUT2D eigenvalue weighted by Gasteiger charge is -2.35. The zero-order chi connectivity index (χ0) is 17.2.